The first-order valence-corrected chi connectivity index (χ1v) is 12.5. The first-order valence-electron chi connectivity index (χ1n) is 9.64. The number of nitrogens with zero attached hydrogens (tertiary/aromatic N) is 2. The van der Waals surface area contributed by atoms with Crippen LogP contribution in [0.3, 0.4) is 0 Å². The molecular weight excluding hydrogens is 452 g/mol. The lowest BCUT2D eigenvalue weighted by Crippen LogP contribution is -2.32. The maximum absolute atomic E-state index is 12.4. The molecule has 2 aromatic heterocycles. The Labute approximate surface area is 193 Å². The summed E-state index contributed by atoms with van der Waals surface area (Å²) >= 11 is 4.33. The number of rotatable bonds is 10. The van der Waals surface area contributed by atoms with E-state index in [1.165, 1.54) is 23.1 Å². The molecule has 1 atom stereocenters. The van der Waals surface area contributed by atoms with Crippen molar-refractivity contribution in [2.75, 3.05) is 18.2 Å². The van der Waals surface area contributed by atoms with E-state index in [0.29, 0.717) is 33.9 Å². The quantitative estimate of drug-likeness (QED) is 0.444. The van der Waals surface area contributed by atoms with Gasteiger partial charge in [-0.3, -0.25) is 9.59 Å². The fraction of sp³-hybridized carbons (Fsp3) is 0.333. The molecule has 3 rings (SSSR count). The van der Waals surface area contributed by atoms with E-state index in [-0.39, 0.29) is 22.9 Å². The summed E-state index contributed by atoms with van der Waals surface area (Å²) < 4.78 is 5.10. The van der Waals surface area contributed by atoms with E-state index in [1.54, 1.807) is 42.7 Å². The van der Waals surface area contributed by atoms with Crippen molar-refractivity contribution in [3.63, 3.8) is 0 Å². The van der Waals surface area contributed by atoms with Gasteiger partial charge in [0, 0.05) is 16.3 Å². The van der Waals surface area contributed by atoms with E-state index in [2.05, 4.69) is 34.7 Å². The topological polar surface area (TPSA) is 93.2 Å². The molecule has 2 amide bonds. The number of aromatic nitrogens is 2. The second kappa shape index (κ2) is 11.3. The summed E-state index contributed by atoms with van der Waals surface area (Å²) in [5.74, 6) is 1.54. The number of thioether (sulfide) groups is 1. The number of amides is 2. The van der Waals surface area contributed by atoms with E-state index >= 15 is 0 Å². The Kier molecular flexibility index (Phi) is 8.44. The lowest BCUT2D eigenvalue weighted by molar-refractivity contribution is -0.119. The number of carbonyl (C=O) groups excluding carboxylic acids is 2. The fourth-order valence-corrected chi connectivity index (χ4v) is 5.31. The third-order valence-corrected chi connectivity index (χ3v) is 7.30. The van der Waals surface area contributed by atoms with Gasteiger partial charge in [-0.1, -0.05) is 31.3 Å². The summed E-state index contributed by atoms with van der Waals surface area (Å²) in [7, 11) is 1.59. The molecule has 0 aliphatic heterocycles. The van der Waals surface area contributed by atoms with Gasteiger partial charge in [0.2, 0.25) is 10.9 Å². The van der Waals surface area contributed by atoms with Crippen molar-refractivity contribution in [3.8, 4) is 5.75 Å². The van der Waals surface area contributed by atoms with E-state index in [0.717, 1.165) is 4.88 Å². The van der Waals surface area contributed by atoms with Crippen molar-refractivity contribution < 1.29 is 14.3 Å². The van der Waals surface area contributed by atoms with E-state index in [1.807, 2.05) is 17.5 Å². The van der Waals surface area contributed by atoms with Gasteiger partial charge in [-0.2, -0.15) is 0 Å². The Morgan fingerprint density at radius 2 is 1.94 bits per heavy atom. The highest BCUT2D eigenvalue weighted by atomic mass is 32.2. The minimum atomic E-state index is -0.313. The second-order valence-corrected chi connectivity index (χ2v) is 10.0. The van der Waals surface area contributed by atoms with Crippen molar-refractivity contribution in [2.45, 2.75) is 25.6 Å². The van der Waals surface area contributed by atoms with Crippen molar-refractivity contribution in [3.05, 3.63) is 56.7 Å². The van der Waals surface area contributed by atoms with Crippen molar-refractivity contribution in [1.82, 2.24) is 15.5 Å². The molecule has 0 spiro atoms. The largest absolute Gasteiger partial charge is 0.497 e. The van der Waals surface area contributed by atoms with Gasteiger partial charge in [-0.15, -0.1) is 33.3 Å². The Hall–Kier alpha value is -2.43. The Balaban J connectivity index is 1.46. The smallest absolute Gasteiger partial charge is 0.286 e. The standard InChI is InChI=1S/C21H24N4O3S3/c1-13(2)19(16-5-4-10-30-16)23-17(26)11-29-12-18-24-25-21(31-18)20(27)22-14-6-8-15(28-3)9-7-14/h4-10,13,19H,11-12H2,1-3H3,(H,22,27)(H,23,26)/t19-/m1/s1. The molecule has 0 unspecified atom stereocenters. The number of carbonyl (C=O) groups is 2. The normalized spacial score (nSPS) is 11.9. The van der Waals surface area contributed by atoms with Crippen LogP contribution in [0.25, 0.3) is 0 Å². The Morgan fingerprint density at radius 1 is 1.16 bits per heavy atom. The zero-order valence-electron chi connectivity index (χ0n) is 17.5. The van der Waals surface area contributed by atoms with Crippen LogP contribution in [0, 0.1) is 5.92 Å². The third kappa shape index (κ3) is 6.78. The molecule has 0 aliphatic rings. The number of hydrogen-bond donors (Lipinski definition) is 2. The maximum atomic E-state index is 12.4. The second-order valence-electron chi connectivity index (χ2n) is 6.98. The molecule has 0 saturated carbocycles. The van der Waals surface area contributed by atoms with Crippen LogP contribution in [0.15, 0.2) is 41.8 Å². The van der Waals surface area contributed by atoms with Crippen LogP contribution in [0.4, 0.5) is 5.69 Å². The molecule has 164 valence electrons. The molecule has 3 aromatic rings. The molecular formula is C21H24N4O3S3. The summed E-state index contributed by atoms with van der Waals surface area (Å²) in [4.78, 5) is 25.9. The van der Waals surface area contributed by atoms with Crippen LogP contribution in [0.5, 0.6) is 5.75 Å². The minimum absolute atomic E-state index is 0.0147. The molecule has 10 heteroatoms. The Bertz CT molecular complexity index is 988. The van der Waals surface area contributed by atoms with Crippen LogP contribution >= 0.6 is 34.4 Å². The van der Waals surface area contributed by atoms with E-state index < -0.39 is 0 Å². The van der Waals surface area contributed by atoms with Gasteiger partial charge in [0.15, 0.2) is 0 Å². The van der Waals surface area contributed by atoms with Crippen molar-refractivity contribution in [2.24, 2.45) is 5.92 Å². The zero-order valence-corrected chi connectivity index (χ0v) is 19.9. The first-order chi connectivity index (χ1) is 15.0. The highest BCUT2D eigenvalue weighted by Crippen LogP contribution is 2.26. The number of nitrogens with one attached hydrogen (secondary N) is 2. The van der Waals surface area contributed by atoms with Gasteiger partial charge in [-0.25, -0.2) is 0 Å². The predicted molar refractivity (Wildman–Crippen MR) is 127 cm³/mol. The molecule has 0 aliphatic carbocycles. The lowest BCUT2D eigenvalue weighted by Gasteiger charge is -2.21. The average Bonchev–Trinajstić information content (AvgIpc) is 3.45. The fourth-order valence-electron chi connectivity index (χ4n) is 2.74. The van der Waals surface area contributed by atoms with Crippen LogP contribution in [-0.4, -0.2) is 34.9 Å². The van der Waals surface area contributed by atoms with Gasteiger partial charge in [-0.05, 0) is 41.6 Å². The molecule has 0 saturated heterocycles. The number of hydrogen-bond acceptors (Lipinski definition) is 8. The number of anilines is 1. The van der Waals surface area contributed by atoms with Crippen LogP contribution in [0.2, 0.25) is 0 Å². The summed E-state index contributed by atoms with van der Waals surface area (Å²) in [6, 6.07) is 11.1. The highest BCUT2D eigenvalue weighted by molar-refractivity contribution is 7.99. The number of thiophene rings is 1. The SMILES string of the molecule is COc1ccc(NC(=O)c2nnc(CSCC(=O)N[C@@H](c3cccs3)C(C)C)s2)cc1. The number of methoxy groups -OCH3 is 1. The van der Waals surface area contributed by atoms with Gasteiger partial charge in [0.05, 0.1) is 18.9 Å². The van der Waals surface area contributed by atoms with Crippen LogP contribution < -0.4 is 15.4 Å². The van der Waals surface area contributed by atoms with Crippen molar-refractivity contribution >= 4 is 51.9 Å². The average molecular weight is 477 g/mol. The van der Waals surface area contributed by atoms with E-state index in [9.17, 15) is 9.59 Å². The summed E-state index contributed by atoms with van der Waals surface area (Å²) in [6.45, 7) is 4.19. The highest BCUT2D eigenvalue weighted by Gasteiger charge is 2.19. The monoisotopic (exact) mass is 476 g/mol. The summed E-state index contributed by atoms with van der Waals surface area (Å²) in [5.41, 5.74) is 0.652. The molecule has 2 N–H and O–H groups in total. The molecule has 0 bridgehead atoms. The zero-order chi connectivity index (χ0) is 22.2. The third-order valence-electron chi connectivity index (χ3n) is 4.30. The predicted octanol–water partition coefficient (Wildman–Crippen LogP) is 4.61. The molecule has 0 radical (unpaired) electrons. The minimum Gasteiger partial charge on any atom is -0.497 e. The summed E-state index contributed by atoms with van der Waals surface area (Å²) in [5, 5.41) is 16.9. The molecule has 31 heavy (non-hydrogen) atoms. The van der Waals surface area contributed by atoms with Gasteiger partial charge in [0.1, 0.15) is 10.8 Å². The van der Waals surface area contributed by atoms with Gasteiger partial charge >= 0.3 is 0 Å². The van der Waals surface area contributed by atoms with Gasteiger partial charge < -0.3 is 15.4 Å². The van der Waals surface area contributed by atoms with E-state index in [4.69, 9.17) is 4.74 Å². The molecule has 0 fully saturated rings. The molecule has 2 heterocycles. The number of ether oxygens (including phenoxy) is 1. The lowest BCUT2D eigenvalue weighted by atomic mass is 10.0. The first kappa shape index (κ1) is 23.2. The van der Waals surface area contributed by atoms with Crippen LogP contribution in [-0.2, 0) is 10.5 Å². The number of benzene rings is 1. The van der Waals surface area contributed by atoms with Crippen LogP contribution in [0.1, 0.15) is 39.6 Å². The summed E-state index contributed by atoms with van der Waals surface area (Å²) in [6.07, 6.45) is 0. The van der Waals surface area contributed by atoms with Gasteiger partial charge in [0.25, 0.3) is 5.91 Å². The maximum Gasteiger partial charge on any atom is 0.286 e. The molecule has 1 aromatic carbocycles. The molecule has 7 nitrogen and oxygen atoms in total. The van der Waals surface area contributed by atoms with Crippen molar-refractivity contribution in [1.29, 1.82) is 0 Å². The Morgan fingerprint density at radius 3 is 2.58 bits per heavy atom.